The molecule has 25 heavy (non-hydrogen) atoms. The number of aliphatic carboxylic acids is 1. The summed E-state index contributed by atoms with van der Waals surface area (Å²) in [6.45, 7) is 7.72. The maximum Gasteiger partial charge on any atom is 0.350 e. The topological polar surface area (TPSA) is 102 Å². The summed E-state index contributed by atoms with van der Waals surface area (Å²) >= 11 is 0. The summed E-state index contributed by atoms with van der Waals surface area (Å²) in [5, 5.41) is 8.86. The smallest absolute Gasteiger partial charge is 0.350 e. The third-order valence-electron chi connectivity index (χ3n) is 3.97. The van der Waals surface area contributed by atoms with E-state index >= 15 is 0 Å². The van der Waals surface area contributed by atoms with Gasteiger partial charge in [-0.2, -0.15) is 0 Å². The Morgan fingerprint density at radius 3 is 2.40 bits per heavy atom. The summed E-state index contributed by atoms with van der Waals surface area (Å²) in [6.07, 6.45) is 2.86. The van der Waals surface area contributed by atoms with Crippen LogP contribution in [0.25, 0.3) is 0 Å². The number of carbonyl (C=O) groups is 3. The van der Waals surface area contributed by atoms with Crippen LogP contribution < -0.4 is 0 Å². The lowest BCUT2D eigenvalue weighted by Crippen LogP contribution is -2.45. The van der Waals surface area contributed by atoms with Crippen LogP contribution in [-0.4, -0.2) is 47.9 Å². The van der Waals surface area contributed by atoms with Crippen LogP contribution in [0.15, 0.2) is 12.2 Å². The van der Waals surface area contributed by atoms with Gasteiger partial charge in [-0.05, 0) is 32.6 Å². The minimum Gasteiger partial charge on any atom is -0.481 e. The number of epoxide rings is 1. The highest BCUT2D eigenvalue weighted by Gasteiger charge is 2.44. The fourth-order valence-corrected chi connectivity index (χ4v) is 2.39. The van der Waals surface area contributed by atoms with E-state index in [2.05, 4.69) is 6.58 Å². The van der Waals surface area contributed by atoms with Gasteiger partial charge in [-0.25, -0.2) is 9.59 Å². The van der Waals surface area contributed by atoms with Crippen molar-refractivity contribution in [3.8, 4) is 0 Å². The van der Waals surface area contributed by atoms with E-state index in [0.717, 1.165) is 12.8 Å². The van der Waals surface area contributed by atoms with Crippen molar-refractivity contribution >= 4 is 17.9 Å². The van der Waals surface area contributed by atoms with Crippen LogP contribution in [0.2, 0.25) is 0 Å². The first-order chi connectivity index (χ1) is 11.8. The molecule has 1 rings (SSSR count). The third kappa shape index (κ3) is 7.69. The normalized spacial score (nSPS) is 18.1. The van der Waals surface area contributed by atoms with E-state index in [1.54, 1.807) is 0 Å². The Bertz CT molecular complexity index is 496. The Kier molecular flexibility index (Phi) is 8.61. The Morgan fingerprint density at radius 1 is 1.24 bits per heavy atom. The van der Waals surface area contributed by atoms with Crippen LogP contribution in [0, 0.1) is 0 Å². The largest absolute Gasteiger partial charge is 0.481 e. The molecule has 1 fully saturated rings. The van der Waals surface area contributed by atoms with Crippen molar-refractivity contribution in [1.29, 1.82) is 0 Å². The second kappa shape index (κ2) is 10.2. The molecule has 0 aliphatic carbocycles. The van der Waals surface area contributed by atoms with Crippen LogP contribution in [0.5, 0.6) is 0 Å². The van der Waals surface area contributed by atoms with Gasteiger partial charge in [0.1, 0.15) is 12.7 Å². The van der Waals surface area contributed by atoms with Crippen molar-refractivity contribution < 1.29 is 33.7 Å². The van der Waals surface area contributed by atoms with Gasteiger partial charge in [-0.1, -0.05) is 26.3 Å². The summed E-state index contributed by atoms with van der Waals surface area (Å²) < 4.78 is 15.8. The Balaban J connectivity index is 2.90. The highest BCUT2D eigenvalue weighted by molar-refractivity contribution is 5.91. The van der Waals surface area contributed by atoms with Gasteiger partial charge in [0, 0.05) is 12.0 Å². The van der Waals surface area contributed by atoms with Crippen molar-refractivity contribution in [1.82, 2.24) is 0 Å². The lowest BCUT2D eigenvalue weighted by atomic mass is 9.89. The number of hydrogen-bond donors (Lipinski definition) is 1. The molecule has 0 aromatic heterocycles. The van der Waals surface area contributed by atoms with E-state index in [9.17, 15) is 14.4 Å². The maximum atomic E-state index is 12.7. The van der Waals surface area contributed by atoms with Crippen molar-refractivity contribution in [2.45, 2.75) is 70.5 Å². The van der Waals surface area contributed by atoms with Gasteiger partial charge in [0.2, 0.25) is 5.60 Å². The van der Waals surface area contributed by atoms with E-state index in [1.165, 1.54) is 6.92 Å². The van der Waals surface area contributed by atoms with Crippen LogP contribution in [0.3, 0.4) is 0 Å². The molecule has 142 valence electrons. The highest BCUT2D eigenvalue weighted by atomic mass is 16.6. The van der Waals surface area contributed by atoms with Gasteiger partial charge < -0.3 is 19.3 Å². The molecule has 0 amide bonds. The van der Waals surface area contributed by atoms with E-state index in [4.69, 9.17) is 19.3 Å². The SMILES string of the molecule is C=C(C)C(=O)OC(CCCCC)(CCCC(=O)O)C(=O)OCC1CO1. The van der Waals surface area contributed by atoms with E-state index in [-0.39, 0.29) is 37.5 Å². The molecule has 0 saturated carbocycles. The molecule has 1 aliphatic heterocycles. The lowest BCUT2D eigenvalue weighted by molar-refractivity contribution is -0.183. The molecular formula is C18H28O7. The Labute approximate surface area is 148 Å². The van der Waals surface area contributed by atoms with Crippen LogP contribution in [0.1, 0.15) is 58.8 Å². The molecule has 1 N–H and O–H groups in total. The fraction of sp³-hybridized carbons (Fsp3) is 0.722. The molecule has 0 bridgehead atoms. The summed E-state index contributed by atoms with van der Waals surface area (Å²) in [5.74, 6) is -2.28. The molecule has 7 heteroatoms. The molecule has 0 aromatic carbocycles. The number of carboxylic acids is 1. The summed E-state index contributed by atoms with van der Waals surface area (Å²) in [4.78, 5) is 35.6. The number of hydrogen-bond acceptors (Lipinski definition) is 6. The summed E-state index contributed by atoms with van der Waals surface area (Å²) in [7, 11) is 0. The van der Waals surface area contributed by atoms with E-state index in [1.807, 2.05) is 6.92 Å². The van der Waals surface area contributed by atoms with Crippen molar-refractivity contribution in [3.63, 3.8) is 0 Å². The van der Waals surface area contributed by atoms with Crippen LogP contribution in [-0.2, 0) is 28.6 Å². The number of esters is 2. The summed E-state index contributed by atoms with van der Waals surface area (Å²) in [5.41, 5.74) is -1.30. The Hall–Kier alpha value is -1.89. The van der Waals surface area contributed by atoms with Gasteiger partial charge in [-0.3, -0.25) is 4.79 Å². The molecule has 0 aromatic rings. The predicted octanol–water partition coefficient (Wildman–Crippen LogP) is 2.62. The van der Waals surface area contributed by atoms with Gasteiger partial charge in [-0.15, -0.1) is 0 Å². The second-order valence-corrected chi connectivity index (χ2v) is 6.42. The highest BCUT2D eigenvalue weighted by Crippen LogP contribution is 2.30. The molecule has 0 radical (unpaired) electrons. The predicted molar refractivity (Wildman–Crippen MR) is 90.0 cm³/mol. The second-order valence-electron chi connectivity index (χ2n) is 6.42. The Morgan fingerprint density at radius 2 is 1.88 bits per heavy atom. The molecule has 2 unspecified atom stereocenters. The molecule has 2 atom stereocenters. The van der Waals surface area contributed by atoms with Crippen molar-refractivity contribution in [3.05, 3.63) is 12.2 Å². The average molecular weight is 356 g/mol. The first-order valence-corrected chi connectivity index (χ1v) is 8.70. The fourth-order valence-electron chi connectivity index (χ4n) is 2.39. The monoisotopic (exact) mass is 356 g/mol. The average Bonchev–Trinajstić information content (AvgIpc) is 3.36. The molecule has 1 heterocycles. The number of rotatable bonds is 13. The lowest BCUT2D eigenvalue weighted by Gasteiger charge is -2.31. The molecule has 1 aliphatic rings. The molecule has 1 saturated heterocycles. The zero-order valence-corrected chi connectivity index (χ0v) is 15.0. The zero-order chi connectivity index (χ0) is 18.9. The number of ether oxygens (including phenoxy) is 3. The van der Waals surface area contributed by atoms with Gasteiger partial charge in [0.25, 0.3) is 0 Å². The van der Waals surface area contributed by atoms with Crippen molar-refractivity contribution in [2.75, 3.05) is 13.2 Å². The zero-order valence-electron chi connectivity index (χ0n) is 15.0. The summed E-state index contributed by atoms with van der Waals surface area (Å²) in [6, 6.07) is 0. The van der Waals surface area contributed by atoms with Crippen LogP contribution >= 0.6 is 0 Å². The number of unbranched alkanes of at least 4 members (excludes halogenated alkanes) is 2. The minimum absolute atomic E-state index is 0.104. The number of carbonyl (C=O) groups excluding carboxylic acids is 2. The first kappa shape index (κ1) is 21.2. The van der Waals surface area contributed by atoms with Crippen LogP contribution in [0.4, 0.5) is 0 Å². The first-order valence-electron chi connectivity index (χ1n) is 8.70. The van der Waals surface area contributed by atoms with E-state index in [0.29, 0.717) is 19.4 Å². The molecular weight excluding hydrogens is 328 g/mol. The minimum atomic E-state index is -1.48. The number of carboxylic acid groups (broad SMARTS) is 1. The van der Waals surface area contributed by atoms with Crippen molar-refractivity contribution in [2.24, 2.45) is 0 Å². The molecule has 0 spiro atoms. The quantitative estimate of drug-likeness (QED) is 0.234. The van der Waals surface area contributed by atoms with Gasteiger partial charge >= 0.3 is 17.9 Å². The van der Waals surface area contributed by atoms with E-state index < -0.39 is 23.5 Å². The third-order valence-corrected chi connectivity index (χ3v) is 3.97. The maximum absolute atomic E-state index is 12.7. The van der Waals surface area contributed by atoms with Gasteiger partial charge in [0.15, 0.2) is 0 Å². The van der Waals surface area contributed by atoms with Gasteiger partial charge in [0.05, 0.1) is 6.61 Å². The standard InChI is InChI=1S/C18H28O7/c1-4-5-6-9-18(10-7-8-15(19)20,25-16(21)13(2)3)17(22)24-12-14-11-23-14/h14H,2,4-12H2,1,3H3,(H,19,20). The molecule has 7 nitrogen and oxygen atoms in total.